The SMILES string of the molecule is CC=C(C)c1cccc(OCc2ccccc2)c1OCc1ccccc1. The Balaban J connectivity index is 1.85. The minimum atomic E-state index is 0.510. The fraction of sp³-hybridized carbons (Fsp3) is 0.167. The van der Waals surface area contributed by atoms with Crippen molar-refractivity contribution >= 4 is 5.57 Å². The fourth-order valence-electron chi connectivity index (χ4n) is 2.71. The van der Waals surface area contributed by atoms with Gasteiger partial charge in [-0.2, -0.15) is 0 Å². The first-order chi connectivity index (χ1) is 12.8. The predicted octanol–water partition coefficient (Wildman–Crippen LogP) is 6.27. The molecule has 0 fully saturated rings. The molecule has 0 atom stereocenters. The molecule has 0 aromatic heterocycles. The molecule has 26 heavy (non-hydrogen) atoms. The molecule has 0 amide bonds. The molecule has 0 spiro atoms. The second-order valence-electron chi connectivity index (χ2n) is 6.15. The van der Waals surface area contributed by atoms with E-state index in [2.05, 4.69) is 43.3 Å². The van der Waals surface area contributed by atoms with Crippen molar-refractivity contribution in [3.63, 3.8) is 0 Å². The summed E-state index contributed by atoms with van der Waals surface area (Å²) < 4.78 is 12.3. The highest BCUT2D eigenvalue weighted by Crippen LogP contribution is 2.36. The smallest absolute Gasteiger partial charge is 0.169 e. The fourth-order valence-corrected chi connectivity index (χ4v) is 2.71. The Labute approximate surface area is 155 Å². The van der Waals surface area contributed by atoms with Crippen LogP contribution in [-0.4, -0.2) is 0 Å². The zero-order valence-electron chi connectivity index (χ0n) is 15.3. The first-order valence-electron chi connectivity index (χ1n) is 8.87. The highest BCUT2D eigenvalue weighted by atomic mass is 16.5. The molecular formula is C24H24O2. The van der Waals surface area contributed by atoms with Crippen molar-refractivity contribution in [2.75, 3.05) is 0 Å². The minimum absolute atomic E-state index is 0.510. The summed E-state index contributed by atoms with van der Waals surface area (Å²) in [4.78, 5) is 0. The van der Waals surface area contributed by atoms with Crippen LogP contribution in [0.4, 0.5) is 0 Å². The third-order valence-corrected chi connectivity index (χ3v) is 4.30. The van der Waals surface area contributed by atoms with Gasteiger partial charge in [0.1, 0.15) is 13.2 Å². The van der Waals surface area contributed by atoms with Crippen LogP contribution < -0.4 is 9.47 Å². The summed E-state index contributed by atoms with van der Waals surface area (Å²) in [6.45, 7) is 5.15. The molecule has 0 radical (unpaired) electrons. The topological polar surface area (TPSA) is 18.5 Å². The van der Waals surface area contributed by atoms with Gasteiger partial charge < -0.3 is 9.47 Å². The van der Waals surface area contributed by atoms with Gasteiger partial charge in [-0.25, -0.2) is 0 Å². The van der Waals surface area contributed by atoms with E-state index in [-0.39, 0.29) is 0 Å². The summed E-state index contributed by atoms with van der Waals surface area (Å²) in [6, 6.07) is 26.4. The summed E-state index contributed by atoms with van der Waals surface area (Å²) in [6.07, 6.45) is 2.09. The lowest BCUT2D eigenvalue weighted by Gasteiger charge is -2.17. The zero-order valence-corrected chi connectivity index (χ0v) is 15.3. The molecule has 0 bridgehead atoms. The van der Waals surface area contributed by atoms with Crippen molar-refractivity contribution in [2.45, 2.75) is 27.1 Å². The number of hydrogen-bond donors (Lipinski definition) is 0. The van der Waals surface area contributed by atoms with E-state index in [9.17, 15) is 0 Å². The van der Waals surface area contributed by atoms with Crippen LogP contribution in [0, 0.1) is 0 Å². The van der Waals surface area contributed by atoms with E-state index in [0.717, 1.165) is 28.2 Å². The van der Waals surface area contributed by atoms with Crippen molar-refractivity contribution in [2.24, 2.45) is 0 Å². The molecule has 3 aromatic rings. The van der Waals surface area contributed by atoms with Crippen LogP contribution >= 0.6 is 0 Å². The maximum atomic E-state index is 6.20. The van der Waals surface area contributed by atoms with Crippen molar-refractivity contribution in [1.82, 2.24) is 0 Å². The van der Waals surface area contributed by atoms with Crippen LogP contribution in [0.25, 0.3) is 5.57 Å². The third kappa shape index (κ3) is 4.54. The Hall–Kier alpha value is -3.00. The lowest BCUT2D eigenvalue weighted by molar-refractivity contribution is 0.255. The van der Waals surface area contributed by atoms with Gasteiger partial charge in [0.05, 0.1) is 0 Å². The summed E-state index contributed by atoms with van der Waals surface area (Å²) in [5.41, 5.74) is 4.50. The second-order valence-corrected chi connectivity index (χ2v) is 6.15. The van der Waals surface area contributed by atoms with Gasteiger partial charge in [-0.3, -0.25) is 0 Å². The molecule has 0 saturated heterocycles. The van der Waals surface area contributed by atoms with Gasteiger partial charge >= 0.3 is 0 Å². The molecule has 0 heterocycles. The number of para-hydroxylation sites is 1. The van der Waals surface area contributed by atoms with E-state index in [4.69, 9.17) is 9.47 Å². The molecule has 2 nitrogen and oxygen atoms in total. The average Bonchev–Trinajstić information content (AvgIpc) is 2.71. The van der Waals surface area contributed by atoms with Crippen molar-refractivity contribution in [1.29, 1.82) is 0 Å². The molecule has 0 N–H and O–H groups in total. The van der Waals surface area contributed by atoms with Crippen LogP contribution in [0.15, 0.2) is 84.9 Å². The van der Waals surface area contributed by atoms with E-state index >= 15 is 0 Å². The lowest BCUT2D eigenvalue weighted by atomic mass is 10.1. The van der Waals surface area contributed by atoms with E-state index in [1.165, 1.54) is 5.57 Å². The van der Waals surface area contributed by atoms with E-state index in [1.54, 1.807) is 0 Å². The third-order valence-electron chi connectivity index (χ3n) is 4.30. The first kappa shape index (κ1) is 17.8. The first-order valence-corrected chi connectivity index (χ1v) is 8.87. The normalized spacial score (nSPS) is 11.2. The maximum Gasteiger partial charge on any atom is 0.169 e. The van der Waals surface area contributed by atoms with Crippen LogP contribution in [0.2, 0.25) is 0 Å². The molecule has 0 unspecified atom stereocenters. The molecule has 132 valence electrons. The predicted molar refractivity (Wildman–Crippen MR) is 107 cm³/mol. The van der Waals surface area contributed by atoms with E-state index in [1.807, 2.05) is 55.5 Å². The van der Waals surface area contributed by atoms with Crippen LogP contribution in [-0.2, 0) is 13.2 Å². The largest absolute Gasteiger partial charge is 0.485 e. The number of benzene rings is 3. The molecule has 3 aromatic carbocycles. The average molecular weight is 344 g/mol. The van der Waals surface area contributed by atoms with Crippen molar-refractivity contribution in [3.05, 3.63) is 102 Å². The number of allylic oxidation sites excluding steroid dienone is 2. The summed E-state index contributed by atoms with van der Waals surface area (Å²) in [7, 11) is 0. The zero-order chi connectivity index (χ0) is 18.2. The number of hydrogen-bond acceptors (Lipinski definition) is 2. The Morgan fingerprint density at radius 3 is 1.88 bits per heavy atom. The summed E-state index contributed by atoms with van der Waals surface area (Å²) in [5.74, 6) is 1.56. The number of ether oxygens (including phenoxy) is 2. The lowest BCUT2D eigenvalue weighted by Crippen LogP contribution is -2.02. The van der Waals surface area contributed by atoms with Gasteiger partial charge in [0, 0.05) is 5.56 Å². The molecular weight excluding hydrogens is 320 g/mol. The van der Waals surface area contributed by atoms with Gasteiger partial charge in [0.25, 0.3) is 0 Å². The minimum Gasteiger partial charge on any atom is -0.485 e. The van der Waals surface area contributed by atoms with Crippen LogP contribution in [0.3, 0.4) is 0 Å². The van der Waals surface area contributed by atoms with Crippen LogP contribution in [0.1, 0.15) is 30.5 Å². The Bertz CT molecular complexity index is 852. The molecule has 0 aliphatic carbocycles. The van der Waals surface area contributed by atoms with Crippen molar-refractivity contribution in [3.8, 4) is 11.5 Å². The van der Waals surface area contributed by atoms with E-state index in [0.29, 0.717) is 13.2 Å². The summed E-state index contributed by atoms with van der Waals surface area (Å²) in [5, 5.41) is 0. The van der Waals surface area contributed by atoms with Crippen molar-refractivity contribution < 1.29 is 9.47 Å². The van der Waals surface area contributed by atoms with Gasteiger partial charge in [0.2, 0.25) is 0 Å². The maximum absolute atomic E-state index is 6.20. The monoisotopic (exact) mass is 344 g/mol. The quantitative estimate of drug-likeness (QED) is 0.503. The Morgan fingerprint density at radius 1 is 0.731 bits per heavy atom. The highest BCUT2D eigenvalue weighted by molar-refractivity contribution is 5.71. The molecule has 0 saturated carbocycles. The van der Waals surface area contributed by atoms with E-state index < -0.39 is 0 Å². The van der Waals surface area contributed by atoms with Gasteiger partial charge in [-0.15, -0.1) is 0 Å². The second kappa shape index (κ2) is 8.91. The molecule has 2 heteroatoms. The van der Waals surface area contributed by atoms with Crippen LogP contribution in [0.5, 0.6) is 11.5 Å². The molecule has 0 aliphatic heterocycles. The Morgan fingerprint density at radius 2 is 1.31 bits per heavy atom. The molecule has 3 rings (SSSR count). The standard InChI is InChI=1S/C24H24O2/c1-3-19(2)22-15-10-16-23(25-17-20-11-6-4-7-12-20)24(22)26-18-21-13-8-5-9-14-21/h3-16H,17-18H2,1-2H3. The van der Waals surface area contributed by atoms with Gasteiger partial charge in [-0.05, 0) is 36.6 Å². The number of rotatable bonds is 7. The van der Waals surface area contributed by atoms with Gasteiger partial charge in [-0.1, -0.05) is 78.9 Å². The van der Waals surface area contributed by atoms with Gasteiger partial charge in [0.15, 0.2) is 11.5 Å². The summed E-state index contributed by atoms with van der Waals surface area (Å²) >= 11 is 0. The Kier molecular flexibility index (Phi) is 6.10. The highest BCUT2D eigenvalue weighted by Gasteiger charge is 2.13. The molecule has 0 aliphatic rings.